The minimum atomic E-state index is 0.117. The van der Waals surface area contributed by atoms with E-state index in [1.54, 1.807) is 7.11 Å². The topological polar surface area (TPSA) is 50.7 Å². The highest BCUT2D eigenvalue weighted by molar-refractivity contribution is 6.31. The summed E-state index contributed by atoms with van der Waals surface area (Å²) in [7, 11) is 1.61. The Bertz CT molecular complexity index is 604. The molecule has 0 saturated carbocycles. The highest BCUT2D eigenvalue weighted by atomic mass is 35.5. The zero-order valence-corrected chi connectivity index (χ0v) is 13.3. The highest BCUT2D eigenvalue weighted by Gasteiger charge is 2.07. The second kappa shape index (κ2) is 8.63. The lowest BCUT2D eigenvalue weighted by molar-refractivity contribution is 0.283. The standard InChI is InChI=1S/C17H20ClNO3/c1-21-16-7-6-13(11-19-8-9-20)10-17(16)22-12-14-4-2-3-5-15(14)18/h2-7,10,19-20H,8-9,11-12H2,1H3. The SMILES string of the molecule is COc1ccc(CNCCO)cc1OCc1ccccc1Cl. The summed E-state index contributed by atoms with van der Waals surface area (Å²) in [4.78, 5) is 0. The molecule has 0 spiro atoms. The molecule has 0 amide bonds. The zero-order valence-electron chi connectivity index (χ0n) is 12.5. The molecule has 0 aliphatic heterocycles. The van der Waals surface area contributed by atoms with Crippen LogP contribution in [0.1, 0.15) is 11.1 Å². The number of benzene rings is 2. The molecule has 0 aliphatic carbocycles. The molecule has 22 heavy (non-hydrogen) atoms. The van der Waals surface area contributed by atoms with Crippen LogP contribution in [0.4, 0.5) is 0 Å². The second-order valence-electron chi connectivity index (χ2n) is 4.77. The largest absolute Gasteiger partial charge is 0.493 e. The first-order valence-corrected chi connectivity index (χ1v) is 7.47. The molecule has 0 fully saturated rings. The van der Waals surface area contributed by atoms with Crippen LogP contribution in [0.25, 0.3) is 0 Å². The molecule has 0 heterocycles. The summed E-state index contributed by atoms with van der Waals surface area (Å²) in [5.41, 5.74) is 1.98. The number of methoxy groups -OCH3 is 1. The summed E-state index contributed by atoms with van der Waals surface area (Å²) in [5, 5.41) is 12.6. The van der Waals surface area contributed by atoms with Crippen LogP contribution in [-0.4, -0.2) is 25.4 Å². The molecule has 5 heteroatoms. The first-order chi connectivity index (χ1) is 10.7. The normalized spacial score (nSPS) is 10.5. The number of nitrogens with one attached hydrogen (secondary N) is 1. The van der Waals surface area contributed by atoms with Gasteiger partial charge < -0.3 is 19.9 Å². The van der Waals surface area contributed by atoms with Crippen molar-refractivity contribution in [2.75, 3.05) is 20.3 Å². The Kier molecular flexibility index (Phi) is 6.52. The van der Waals surface area contributed by atoms with E-state index in [9.17, 15) is 0 Å². The molecule has 0 radical (unpaired) electrons. The maximum atomic E-state index is 8.80. The van der Waals surface area contributed by atoms with Crippen molar-refractivity contribution in [1.82, 2.24) is 5.32 Å². The van der Waals surface area contributed by atoms with Crippen LogP contribution >= 0.6 is 11.6 Å². The number of hydrogen-bond acceptors (Lipinski definition) is 4. The van der Waals surface area contributed by atoms with Crippen molar-refractivity contribution < 1.29 is 14.6 Å². The van der Waals surface area contributed by atoms with Gasteiger partial charge in [-0.3, -0.25) is 0 Å². The molecule has 2 rings (SSSR count). The minimum Gasteiger partial charge on any atom is -0.493 e. The van der Waals surface area contributed by atoms with Gasteiger partial charge in [0.25, 0.3) is 0 Å². The molecule has 0 aromatic heterocycles. The molecule has 2 N–H and O–H groups in total. The predicted octanol–water partition coefficient (Wildman–Crippen LogP) is 3.01. The lowest BCUT2D eigenvalue weighted by Crippen LogP contribution is -2.17. The van der Waals surface area contributed by atoms with Crippen LogP contribution in [0.15, 0.2) is 42.5 Å². The molecule has 2 aromatic carbocycles. The predicted molar refractivity (Wildman–Crippen MR) is 87.6 cm³/mol. The van der Waals surface area contributed by atoms with Gasteiger partial charge in [0.15, 0.2) is 11.5 Å². The van der Waals surface area contributed by atoms with Crippen molar-refractivity contribution in [2.45, 2.75) is 13.2 Å². The molecule has 0 atom stereocenters. The lowest BCUT2D eigenvalue weighted by atomic mass is 10.2. The van der Waals surface area contributed by atoms with Crippen LogP contribution in [-0.2, 0) is 13.2 Å². The van der Waals surface area contributed by atoms with Crippen LogP contribution in [0.3, 0.4) is 0 Å². The van der Waals surface area contributed by atoms with Gasteiger partial charge in [0.2, 0.25) is 0 Å². The van der Waals surface area contributed by atoms with Gasteiger partial charge in [0.1, 0.15) is 6.61 Å². The summed E-state index contributed by atoms with van der Waals surface area (Å²) in [6.07, 6.45) is 0. The van der Waals surface area contributed by atoms with Gasteiger partial charge in [-0.15, -0.1) is 0 Å². The molecule has 0 unspecified atom stereocenters. The Balaban J connectivity index is 2.07. The molecule has 4 nitrogen and oxygen atoms in total. The first kappa shape index (κ1) is 16.6. The fourth-order valence-corrected chi connectivity index (χ4v) is 2.22. The number of halogens is 1. The van der Waals surface area contributed by atoms with Gasteiger partial charge in [-0.25, -0.2) is 0 Å². The van der Waals surface area contributed by atoms with E-state index in [0.717, 1.165) is 11.1 Å². The average molecular weight is 322 g/mol. The van der Waals surface area contributed by atoms with Crippen molar-refractivity contribution in [1.29, 1.82) is 0 Å². The van der Waals surface area contributed by atoms with Gasteiger partial charge >= 0.3 is 0 Å². The fraction of sp³-hybridized carbons (Fsp3) is 0.294. The third kappa shape index (κ3) is 4.63. The summed E-state index contributed by atoms with van der Waals surface area (Å²) in [6.45, 7) is 1.71. The Morgan fingerprint density at radius 3 is 2.68 bits per heavy atom. The molecular weight excluding hydrogens is 302 g/mol. The Morgan fingerprint density at radius 1 is 1.14 bits per heavy atom. The van der Waals surface area contributed by atoms with Gasteiger partial charge in [0.05, 0.1) is 13.7 Å². The van der Waals surface area contributed by atoms with Gasteiger partial charge in [-0.1, -0.05) is 35.9 Å². The smallest absolute Gasteiger partial charge is 0.161 e. The molecular formula is C17H20ClNO3. The van der Waals surface area contributed by atoms with E-state index in [1.807, 2.05) is 42.5 Å². The fourth-order valence-electron chi connectivity index (χ4n) is 2.03. The maximum Gasteiger partial charge on any atom is 0.161 e. The second-order valence-corrected chi connectivity index (χ2v) is 5.17. The van der Waals surface area contributed by atoms with Crippen LogP contribution in [0.2, 0.25) is 5.02 Å². The number of aliphatic hydroxyl groups excluding tert-OH is 1. The van der Waals surface area contributed by atoms with Gasteiger partial charge in [0, 0.05) is 23.7 Å². The minimum absolute atomic E-state index is 0.117. The van der Waals surface area contributed by atoms with Gasteiger partial charge in [-0.05, 0) is 23.8 Å². The first-order valence-electron chi connectivity index (χ1n) is 7.09. The molecule has 0 aliphatic rings. The summed E-state index contributed by atoms with van der Waals surface area (Å²) >= 11 is 6.13. The van der Waals surface area contributed by atoms with E-state index in [2.05, 4.69) is 5.32 Å². The quantitative estimate of drug-likeness (QED) is 0.734. The van der Waals surface area contributed by atoms with Crippen LogP contribution in [0.5, 0.6) is 11.5 Å². The van der Waals surface area contributed by atoms with E-state index >= 15 is 0 Å². The van der Waals surface area contributed by atoms with E-state index in [-0.39, 0.29) is 6.61 Å². The Labute approximate surface area is 135 Å². The molecule has 0 saturated heterocycles. The van der Waals surface area contributed by atoms with Crippen molar-refractivity contribution in [2.24, 2.45) is 0 Å². The monoisotopic (exact) mass is 321 g/mol. The number of ether oxygens (including phenoxy) is 2. The Morgan fingerprint density at radius 2 is 1.95 bits per heavy atom. The summed E-state index contributed by atoms with van der Waals surface area (Å²) in [6, 6.07) is 13.4. The van der Waals surface area contributed by atoms with Crippen molar-refractivity contribution >= 4 is 11.6 Å². The summed E-state index contributed by atoms with van der Waals surface area (Å²) in [5.74, 6) is 1.35. The molecule has 0 bridgehead atoms. The third-order valence-electron chi connectivity index (χ3n) is 3.19. The number of hydrogen-bond donors (Lipinski definition) is 2. The zero-order chi connectivity index (χ0) is 15.8. The van der Waals surface area contributed by atoms with Crippen molar-refractivity contribution in [3.63, 3.8) is 0 Å². The Hall–Kier alpha value is -1.75. The van der Waals surface area contributed by atoms with E-state index < -0.39 is 0 Å². The lowest BCUT2D eigenvalue weighted by Gasteiger charge is -2.13. The number of rotatable bonds is 8. The third-order valence-corrected chi connectivity index (χ3v) is 3.56. The molecule has 118 valence electrons. The average Bonchev–Trinajstić information content (AvgIpc) is 2.54. The number of aliphatic hydroxyl groups is 1. The van der Waals surface area contributed by atoms with Crippen LogP contribution in [0, 0.1) is 0 Å². The van der Waals surface area contributed by atoms with Gasteiger partial charge in [-0.2, -0.15) is 0 Å². The maximum absolute atomic E-state index is 8.80. The van der Waals surface area contributed by atoms with E-state index in [1.165, 1.54) is 0 Å². The van der Waals surface area contributed by atoms with Crippen LogP contribution < -0.4 is 14.8 Å². The van der Waals surface area contributed by atoms with E-state index in [0.29, 0.717) is 36.2 Å². The molecule has 2 aromatic rings. The summed E-state index contributed by atoms with van der Waals surface area (Å²) < 4.78 is 11.2. The highest BCUT2D eigenvalue weighted by Crippen LogP contribution is 2.29. The van der Waals surface area contributed by atoms with E-state index in [4.69, 9.17) is 26.2 Å². The van der Waals surface area contributed by atoms with Crippen molar-refractivity contribution in [3.8, 4) is 11.5 Å². The van der Waals surface area contributed by atoms with Crippen molar-refractivity contribution in [3.05, 3.63) is 58.6 Å².